The highest BCUT2D eigenvalue weighted by Gasteiger charge is 2.22. The molecule has 1 heterocycles. The van der Waals surface area contributed by atoms with E-state index in [1.54, 1.807) is 30.2 Å². The molecule has 2 aromatic carbocycles. The number of rotatable bonds is 7. The summed E-state index contributed by atoms with van der Waals surface area (Å²) < 4.78 is 15.6. The molecule has 2 aromatic rings. The van der Waals surface area contributed by atoms with Crippen LogP contribution in [0.1, 0.15) is 10.4 Å². The number of methoxy groups -OCH3 is 3. The molecule has 0 spiro atoms. The van der Waals surface area contributed by atoms with Gasteiger partial charge in [-0.15, -0.1) is 0 Å². The van der Waals surface area contributed by atoms with Crippen molar-refractivity contribution in [2.24, 2.45) is 0 Å². The van der Waals surface area contributed by atoms with Crippen LogP contribution in [0.25, 0.3) is 0 Å². The van der Waals surface area contributed by atoms with Crippen molar-refractivity contribution in [1.82, 2.24) is 10.2 Å². The predicted octanol–water partition coefficient (Wildman–Crippen LogP) is 1.79. The van der Waals surface area contributed by atoms with Gasteiger partial charge in [0.05, 0.1) is 27.9 Å². The van der Waals surface area contributed by atoms with E-state index in [9.17, 15) is 9.59 Å². The van der Waals surface area contributed by atoms with Gasteiger partial charge in [0.2, 0.25) is 5.91 Å². The van der Waals surface area contributed by atoms with E-state index in [1.807, 2.05) is 24.3 Å². The Bertz CT molecular complexity index is 877. The zero-order valence-corrected chi connectivity index (χ0v) is 17.5. The summed E-state index contributed by atoms with van der Waals surface area (Å²) in [6.07, 6.45) is 0. The van der Waals surface area contributed by atoms with Gasteiger partial charge in [-0.05, 0) is 42.5 Å². The molecule has 8 heteroatoms. The minimum atomic E-state index is -0.332. The van der Waals surface area contributed by atoms with Crippen LogP contribution in [0.3, 0.4) is 0 Å². The predicted molar refractivity (Wildman–Crippen MR) is 114 cm³/mol. The van der Waals surface area contributed by atoms with Crippen LogP contribution >= 0.6 is 0 Å². The van der Waals surface area contributed by atoms with Gasteiger partial charge in [-0.2, -0.15) is 0 Å². The van der Waals surface area contributed by atoms with Crippen LogP contribution < -0.4 is 24.4 Å². The van der Waals surface area contributed by atoms with E-state index in [0.29, 0.717) is 30.2 Å². The Morgan fingerprint density at radius 1 is 0.867 bits per heavy atom. The fraction of sp³-hybridized carbons (Fsp3) is 0.364. The van der Waals surface area contributed by atoms with Gasteiger partial charge >= 0.3 is 0 Å². The van der Waals surface area contributed by atoms with E-state index in [0.717, 1.165) is 24.5 Å². The Kier molecular flexibility index (Phi) is 7.00. The smallest absolute Gasteiger partial charge is 0.251 e. The summed E-state index contributed by atoms with van der Waals surface area (Å²) in [4.78, 5) is 28.9. The van der Waals surface area contributed by atoms with Crippen LogP contribution in [0.4, 0.5) is 5.69 Å². The summed E-state index contributed by atoms with van der Waals surface area (Å²) in [5, 5.41) is 2.69. The van der Waals surface area contributed by atoms with Crippen molar-refractivity contribution in [3.05, 3.63) is 48.0 Å². The summed E-state index contributed by atoms with van der Waals surface area (Å²) in [5.41, 5.74) is 1.51. The lowest BCUT2D eigenvalue weighted by Gasteiger charge is -2.36. The summed E-state index contributed by atoms with van der Waals surface area (Å²) in [6.45, 7) is 2.65. The van der Waals surface area contributed by atoms with E-state index in [4.69, 9.17) is 14.2 Å². The number of carbonyl (C=O) groups excluding carboxylic acids is 2. The molecule has 3 rings (SSSR count). The first-order chi connectivity index (χ1) is 14.5. The standard InChI is InChI=1S/C22H27N3O5/c1-28-18-7-5-17(6-8-18)24-10-12-25(13-11-24)21(26)15-23-22(27)16-4-9-19(29-2)20(14-16)30-3/h4-9,14H,10-13,15H2,1-3H3,(H,23,27). The average Bonchev–Trinajstić information content (AvgIpc) is 2.82. The van der Waals surface area contributed by atoms with Crippen molar-refractivity contribution in [2.45, 2.75) is 0 Å². The van der Waals surface area contributed by atoms with Crippen molar-refractivity contribution in [3.63, 3.8) is 0 Å². The lowest BCUT2D eigenvalue weighted by atomic mass is 10.2. The topological polar surface area (TPSA) is 80.3 Å². The molecule has 1 aliphatic rings. The Morgan fingerprint density at radius 2 is 1.53 bits per heavy atom. The van der Waals surface area contributed by atoms with Gasteiger partial charge < -0.3 is 29.3 Å². The number of nitrogens with zero attached hydrogens (tertiary/aromatic N) is 2. The van der Waals surface area contributed by atoms with Crippen molar-refractivity contribution >= 4 is 17.5 Å². The molecule has 1 saturated heterocycles. The minimum Gasteiger partial charge on any atom is -0.497 e. The molecule has 0 aromatic heterocycles. The number of ether oxygens (including phenoxy) is 3. The van der Waals surface area contributed by atoms with Crippen LogP contribution in [0.2, 0.25) is 0 Å². The molecular weight excluding hydrogens is 386 g/mol. The maximum absolute atomic E-state index is 12.5. The van der Waals surface area contributed by atoms with Crippen molar-refractivity contribution < 1.29 is 23.8 Å². The second kappa shape index (κ2) is 9.87. The Morgan fingerprint density at radius 3 is 2.13 bits per heavy atom. The van der Waals surface area contributed by atoms with E-state index in [2.05, 4.69) is 10.2 Å². The van der Waals surface area contributed by atoms with Gasteiger partial charge in [-0.25, -0.2) is 0 Å². The first-order valence-electron chi connectivity index (χ1n) is 9.72. The SMILES string of the molecule is COc1ccc(N2CCN(C(=O)CNC(=O)c3ccc(OC)c(OC)c3)CC2)cc1. The Labute approximate surface area is 176 Å². The molecule has 2 amide bonds. The highest BCUT2D eigenvalue weighted by molar-refractivity contribution is 5.97. The highest BCUT2D eigenvalue weighted by Crippen LogP contribution is 2.27. The van der Waals surface area contributed by atoms with Crippen LogP contribution in [0.15, 0.2) is 42.5 Å². The molecule has 1 N–H and O–H groups in total. The fourth-order valence-corrected chi connectivity index (χ4v) is 3.35. The van der Waals surface area contributed by atoms with Gasteiger partial charge in [0, 0.05) is 37.4 Å². The average molecular weight is 413 g/mol. The van der Waals surface area contributed by atoms with Crippen molar-refractivity contribution in [3.8, 4) is 17.2 Å². The number of benzene rings is 2. The van der Waals surface area contributed by atoms with Gasteiger partial charge in [0.25, 0.3) is 5.91 Å². The van der Waals surface area contributed by atoms with Crippen LogP contribution in [0.5, 0.6) is 17.2 Å². The van der Waals surface area contributed by atoms with Gasteiger partial charge in [-0.1, -0.05) is 0 Å². The molecule has 8 nitrogen and oxygen atoms in total. The molecule has 160 valence electrons. The van der Waals surface area contributed by atoms with E-state index >= 15 is 0 Å². The van der Waals surface area contributed by atoms with Gasteiger partial charge in [-0.3, -0.25) is 9.59 Å². The molecule has 0 saturated carbocycles. The van der Waals surface area contributed by atoms with Gasteiger partial charge in [0.15, 0.2) is 11.5 Å². The molecule has 0 bridgehead atoms. The zero-order valence-electron chi connectivity index (χ0n) is 17.5. The lowest BCUT2D eigenvalue weighted by Crippen LogP contribution is -2.51. The molecule has 0 unspecified atom stereocenters. The quantitative estimate of drug-likeness (QED) is 0.746. The van der Waals surface area contributed by atoms with E-state index in [1.165, 1.54) is 14.2 Å². The van der Waals surface area contributed by atoms with E-state index < -0.39 is 0 Å². The molecule has 1 aliphatic heterocycles. The largest absolute Gasteiger partial charge is 0.497 e. The molecule has 0 aliphatic carbocycles. The van der Waals surface area contributed by atoms with Crippen molar-refractivity contribution in [2.75, 3.05) is 59.0 Å². The lowest BCUT2D eigenvalue weighted by molar-refractivity contribution is -0.130. The zero-order chi connectivity index (χ0) is 21.5. The van der Waals surface area contributed by atoms with Crippen LogP contribution in [-0.4, -0.2) is 70.8 Å². The summed E-state index contributed by atoms with van der Waals surface area (Å²) >= 11 is 0. The molecule has 1 fully saturated rings. The number of amides is 2. The number of carbonyl (C=O) groups is 2. The number of hydrogen-bond acceptors (Lipinski definition) is 6. The van der Waals surface area contributed by atoms with Crippen LogP contribution in [0, 0.1) is 0 Å². The maximum Gasteiger partial charge on any atom is 0.251 e. The molecular formula is C22H27N3O5. The highest BCUT2D eigenvalue weighted by atomic mass is 16.5. The Hall–Kier alpha value is -3.42. The third kappa shape index (κ3) is 4.94. The van der Waals surface area contributed by atoms with E-state index in [-0.39, 0.29) is 18.4 Å². The minimum absolute atomic E-state index is 0.0459. The first-order valence-corrected chi connectivity index (χ1v) is 9.72. The normalized spacial score (nSPS) is 13.6. The molecule has 30 heavy (non-hydrogen) atoms. The summed E-state index contributed by atoms with van der Waals surface area (Å²) in [7, 11) is 4.68. The Balaban J connectivity index is 1.49. The maximum atomic E-state index is 12.5. The second-order valence-corrected chi connectivity index (χ2v) is 6.82. The number of hydrogen-bond donors (Lipinski definition) is 1. The summed E-state index contributed by atoms with van der Waals surface area (Å²) in [5.74, 6) is 1.39. The van der Waals surface area contributed by atoms with Crippen LogP contribution in [-0.2, 0) is 4.79 Å². The van der Waals surface area contributed by atoms with Gasteiger partial charge in [0.1, 0.15) is 5.75 Å². The second-order valence-electron chi connectivity index (χ2n) is 6.82. The number of piperazine rings is 1. The molecule has 0 radical (unpaired) electrons. The number of nitrogens with one attached hydrogen (secondary N) is 1. The monoisotopic (exact) mass is 413 g/mol. The first kappa shape index (κ1) is 21.3. The third-order valence-electron chi connectivity index (χ3n) is 5.12. The van der Waals surface area contributed by atoms with Crippen molar-refractivity contribution in [1.29, 1.82) is 0 Å². The summed E-state index contributed by atoms with van der Waals surface area (Å²) in [6, 6.07) is 12.8. The third-order valence-corrected chi connectivity index (χ3v) is 5.12. The fourth-order valence-electron chi connectivity index (χ4n) is 3.35. The number of anilines is 1. The molecule has 0 atom stereocenters.